The molecule has 11 nitrogen and oxygen atoms in total. The third kappa shape index (κ3) is 12.5. The van der Waals surface area contributed by atoms with E-state index in [1.165, 1.54) is 0 Å². The van der Waals surface area contributed by atoms with Gasteiger partial charge in [-0.2, -0.15) is 0 Å². The lowest BCUT2D eigenvalue weighted by atomic mass is 10.0. The average Bonchev–Trinajstić information content (AvgIpc) is 2.96. The Bertz CT molecular complexity index is 1080. The third-order valence-corrected chi connectivity index (χ3v) is 6.74. The molecule has 4 atom stereocenters. The molecule has 41 heavy (non-hydrogen) atoms. The van der Waals surface area contributed by atoms with E-state index in [0.29, 0.717) is 58.0 Å². The highest BCUT2D eigenvalue weighted by molar-refractivity contribution is 5.94. The fourth-order valence-electron chi connectivity index (χ4n) is 4.38. The normalized spacial score (nSPS) is 13.8. The van der Waals surface area contributed by atoms with Crippen LogP contribution in [0.2, 0.25) is 0 Å². The second-order valence-electron chi connectivity index (χ2n) is 10.1. The van der Waals surface area contributed by atoms with Crippen molar-refractivity contribution in [2.24, 2.45) is 22.9 Å². The van der Waals surface area contributed by atoms with Crippen LogP contribution in [0.1, 0.15) is 49.7 Å². The SMILES string of the molecule is NCCCC[C@H](NC(=O)[C@H](Cc1ccccc1)NC(=O)[C@H](CCCCN)NC(=O)[C@@H](N)Cc1ccccc1)C(N)=O. The Kier molecular flexibility index (Phi) is 15.1. The van der Waals surface area contributed by atoms with Gasteiger partial charge in [0, 0.05) is 6.42 Å². The van der Waals surface area contributed by atoms with Crippen LogP contribution in [0, 0.1) is 0 Å². The second kappa shape index (κ2) is 18.5. The van der Waals surface area contributed by atoms with Gasteiger partial charge in [-0.3, -0.25) is 19.2 Å². The lowest BCUT2D eigenvalue weighted by Gasteiger charge is -2.26. The predicted octanol–water partition coefficient (Wildman–Crippen LogP) is -0.00320. The minimum atomic E-state index is -1.02. The van der Waals surface area contributed by atoms with Crippen molar-refractivity contribution in [3.63, 3.8) is 0 Å². The van der Waals surface area contributed by atoms with Crippen molar-refractivity contribution in [2.45, 2.75) is 75.5 Å². The van der Waals surface area contributed by atoms with Gasteiger partial charge >= 0.3 is 0 Å². The van der Waals surface area contributed by atoms with Crippen LogP contribution in [-0.2, 0) is 32.0 Å². The van der Waals surface area contributed by atoms with E-state index >= 15 is 0 Å². The predicted molar refractivity (Wildman–Crippen MR) is 159 cm³/mol. The molecule has 0 radical (unpaired) electrons. The zero-order valence-electron chi connectivity index (χ0n) is 23.6. The first-order valence-corrected chi connectivity index (χ1v) is 14.2. The summed E-state index contributed by atoms with van der Waals surface area (Å²) in [5.74, 6) is -2.22. The fraction of sp³-hybridized carbons (Fsp3) is 0.467. The molecule has 2 aromatic rings. The molecule has 0 aliphatic rings. The smallest absolute Gasteiger partial charge is 0.243 e. The Morgan fingerprint density at radius 3 is 1.54 bits per heavy atom. The van der Waals surface area contributed by atoms with E-state index < -0.39 is 47.8 Å². The van der Waals surface area contributed by atoms with E-state index in [1.807, 2.05) is 60.7 Å². The molecule has 2 aromatic carbocycles. The summed E-state index contributed by atoms with van der Waals surface area (Å²) in [6.07, 6.45) is 3.66. The number of amides is 4. The number of hydrogen-bond donors (Lipinski definition) is 7. The van der Waals surface area contributed by atoms with Crippen LogP contribution in [0.5, 0.6) is 0 Å². The Morgan fingerprint density at radius 1 is 0.585 bits per heavy atom. The first kappa shape index (κ1) is 33.4. The summed E-state index contributed by atoms with van der Waals surface area (Å²) in [4.78, 5) is 51.9. The Labute approximate surface area is 242 Å². The van der Waals surface area contributed by atoms with Crippen molar-refractivity contribution in [2.75, 3.05) is 13.1 Å². The van der Waals surface area contributed by atoms with Gasteiger partial charge in [0.1, 0.15) is 18.1 Å². The van der Waals surface area contributed by atoms with E-state index in [2.05, 4.69) is 16.0 Å². The molecule has 11 N–H and O–H groups in total. The molecule has 0 fully saturated rings. The molecule has 0 saturated heterocycles. The molecule has 2 rings (SSSR count). The van der Waals surface area contributed by atoms with Crippen molar-refractivity contribution in [3.8, 4) is 0 Å². The highest BCUT2D eigenvalue weighted by atomic mass is 16.2. The maximum atomic E-state index is 13.5. The molecule has 0 unspecified atom stereocenters. The molecule has 4 amide bonds. The van der Waals surface area contributed by atoms with Crippen LogP contribution in [0.3, 0.4) is 0 Å². The molecule has 0 aromatic heterocycles. The summed E-state index contributed by atoms with van der Waals surface area (Å²) in [6, 6.07) is 14.8. The summed E-state index contributed by atoms with van der Waals surface area (Å²) in [5.41, 5.74) is 24.6. The molecule has 0 saturated carbocycles. The van der Waals surface area contributed by atoms with E-state index in [9.17, 15) is 19.2 Å². The van der Waals surface area contributed by atoms with Gasteiger partial charge in [-0.05, 0) is 69.2 Å². The van der Waals surface area contributed by atoms with E-state index in [4.69, 9.17) is 22.9 Å². The molecule has 224 valence electrons. The van der Waals surface area contributed by atoms with Gasteiger partial charge in [0.25, 0.3) is 0 Å². The van der Waals surface area contributed by atoms with Crippen molar-refractivity contribution in [3.05, 3.63) is 71.8 Å². The van der Waals surface area contributed by atoms with Crippen LogP contribution >= 0.6 is 0 Å². The van der Waals surface area contributed by atoms with Gasteiger partial charge < -0.3 is 38.9 Å². The fourth-order valence-corrected chi connectivity index (χ4v) is 4.38. The topological polar surface area (TPSA) is 208 Å². The monoisotopic (exact) mass is 567 g/mol. The van der Waals surface area contributed by atoms with Gasteiger partial charge in [0.15, 0.2) is 0 Å². The Hall–Kier alpha value is -3.80. The molecular weight excluding hydrogens is 522 g/mol. The number of carbonyl (C=O) groups excluding carboxylic acids is 4. The number of unbranched alkanes of at least 4 members (excludes halogenated alkanes) is 2. The number of primary amides is 1. The molecule has 11 heteroatoms. The number of rotatable bonds is 19. The molecular formula is C30H45N7O4. The summed E-state index contributed by atoms with van der Waals surface area (Å²) < 4.78 is 0. The average molecular weight is 568 g/mol. The number of benzene rings is 2. The first-order chi connectivity index (χ1) is 19.7. The molecule has 0 bridgehead atoms. The van der Waals surface area contributed by atoms with Crippen molar-refractivity contribution >= 4 is 23.6 Å². The number of nitrogens with two attached hydrogens (primary N) is 4. The van der Waals surface area contributed by atoms with Gasteiger partial charge in [0.2, 0.25) is 23.6 Å². The number of hydrogen-bond acceptors (Lipinski definition) is 7. The quantitative estimate of drug-likeness (QED) is 0.115. The van der Waals surface area contributed by atoms with E-state index in [1.54, 1.807) is 0 Å². The van der Waals surface area contributed by atoms with Gasteiger partial charge in [-0.1, -0.05) is 60.7 Å². The maximum Gasteiger partial charge on any atom is 0.243 e. The van der Waals surface area contributed by atoms with Crippen LogP contribution in [0.4, 0.5) is 0 Å². The third-order valence-electron chi connectivity index (χ3n) is 6.74. The summed E-state index contributed by atoms with van der Waals surface area (Å²) in [7, 11) is 0. The maximum absolute atomic E-state index is 13.5. The zero-order chi connectivity index (χ0) is 30.0. The van der Waals surface area contributed by atoms with Crippen LogP contribution < -0.4 is 38.9 Å². The minimum Gasteiger partial charge on any atom is -0.368 e. The van der Waals surface area contributed by atoms with Gasteiger partial charge in [-0.25, -0.2) is 0 Å². The van der Waals surface area contributed by atoms with Crippen LogP contribution in [0.25, 0.3) is 0 Å². The van der Waals surface area contributed by atoms with Crippen molar-refractivity contribution < 1.29 is 19.2 Å². The van der Waals surface area contributed by atoms with Crippen LogP contribution in [-0.4, -0.2) is 60.9 Å². The van der Waals surface area contributed by atoms with Crippen molar-refractivity contribution in [1.82, 2.24) is 16.0 Å². The van der Waals surface area contributed by atoms with E-state index in [0.717, 1.165) is 11.1 Å². The highest BCUT2D eigenvalue weighted by Gasteiger charge is 2.30. The number of nitrogens with one attached hydrogen (secondary N) is 3. The molecule has 0 aliphatic carbocycles. The molecule has 0 heterocycles. The standard InChI is InChI=1S/C30H45N7O4/c31-17-9-7-15-24(27(34)38)35-30(41)26(20-22-13-5-2-6-14-22)37-29(40)25(16-8-10-18-32)36-28(39)23(33)19-21-11-3-1-4-12-21/h1-6,11-14,23-26H,7-10,15-20,31-33H2,(H2,34,38)(H,35,41)(H,36,39)(H,37,40)/t23-,24-,25-,26-/m0/s1. The molecule has 0 aliphatic heterocycles. The summed E-state index contributed by atoms with van der Waals surface area (Å²) in [6.45, 7) is 0.895. The summed E-state index contributed by atoms with van der Waals surface area (Å²) >= 11 is 0. The molecule has 0 spiro atoms. The lowest BCUT2D eigenvalue weighted by molar-refractivity contribution is -0.133. The first-order valence-electron chi connectivity index (χ1n) is 14.2. The largest absolute Gasteiger partial charge is 0.368 e. The highest BCUT2D eigenvalue weighted by Crippen LogP contribution is 2.09. The number of carbonyl (C=O) groups is 4. The Morgan fingerprint density at radius 2 is 1.02 bits per heavy atom. The Balaban J connectivity index is 2.18. The second-order valence-corrected chi connectivity index (χ2v) is 10.1. The van der Waals surface area contributed by atoms with Gasteiger partial charge in [0.05, 0.1) is 6.04 Å². The summed E-state index contributed by atoms with van der Waals surface area (Å²) in [5, 5.41) is 8.24. The minimum absolute atomic E-state index is 0.170. The van der Waals surface area contributed by atoms with Crippen LogP contribution in [0.15, 0.2) is 60.7 Å². The zero-order valence-corrected chi connectivity index (χ0v) is 23.6. The lowest BCUT2D eigenvalue weighted by Crippen LogP contribution is -2.58. The van der Waals surface area contributed by atoms with Gasteiger partial charge in [-0.15, -0.1) is 0 Å². The van der Waals surface area contributed by atoms with Crippen molar-refractivity contribution in [1.29, 1.82) is 0 Å². The van der Waals surface area contributed by atoms with E-state index in [-0.39, 0.29) is 6.42 Å².